The van der Waals surface area contributed by atoms with Gasteiger partial charge in [-0.15, -0.1) is 0 Å². The van der Waals surface area contributed by atoms with Gasteiger partial charge in [0.05, 0.1) is 0 Å². The van der Waals surface area contributed by atoms with Gasteiger partial charge in [0.2, 0.25) is 0 Å². The van der Waals surface area contributed by atoms with E-state index in [2.05, 4.69) is 5.92 Å². The van der Waals surface area contributed by atoms with Crippen molar-refractivity contribution >= 4 is 0 Å². The fourth-order valence-electron chi connectivity index (χ4n) is 0.680. The van der Waals surface area contributed by atoms with Crippen molar-refractivity contribution in [2.24, 2.45) is 0 Å². The first-order chi connectivity index (χ1) is 5.68. The van der Waals surface area contributed by atoms with Crippen molar-refractivity contribution in [3.8, 4) is 12.0 Å². The van der Waals surface area contributed by atoms with Gasteiger partial charge < -0.3 is 19.7 Å². The van der Waals surface area contributed by atoms with E-state index < -0.39 is 5.79 Å². The number of hydrogen-bond donors (Lipinski definition) is 2. The SMILES string of the molecule is CCOCC(O)(C#CO)OCC. The highest BCUT2D eigenvalue weighted by Gasteiger charge is 2.25. The standard InChI is InChI=1S/C8H14O4/c1-3-11-7-8(10,5-6-9)12-4-2/h9-10H,3-4,7H2,1-2H3. The second-order valence-corrected chi connectivity index (χ2v) is 2.09. The van der Waals surface area contributed by atoms with Crippen LogP contribution >= 0.6 is 0 Å². The topological polar surface area (TPSA) is 58.9 Å². The smallest absolute Gasteiger partial charge is 0.258 e. The molecule has 1 atom stereocenters. The molecule has 0 radical (unpaired) electrons. The van der Waals surface area contributed by atoms with E-state index in [0.29, 0.717) is 13.2 Å². The van der Waals surface area contributed by atoms with Crippen LogP contribution in [0.1, 0.15) is 13.8 Å². The quantitative estimate of drug-likeness (QED) is 0.458. The first-order valence-electron chi connectivity index (χ1n) is 3.79. The predicted molar refractivity (Wildman–Crippen MR) is 42.8 cm³/mol. The molecule has 0 aromatic rings. The molecule has 12 heavy (non-hydrogen) atoms. The minimum Gasteiger partial charge on any atom is -0.462 e. The first-order valence-corrected chi connectivity index (χ1v) is 3.79. The molecule has 0 spiro atoms. The zero-order valence-electron chi connectivity index (χ0n) is 7.33. The summed E-state index contributed by atoms with van der Waals surface area (Å²) in [5.74, 6) is 0.428. The Kier molecular flexibility index (Phi) is 5.47. The minimum atomic E-state index is -1.68. The number of aliphatic hydroxyl groups is 2. The summed E-state index contributed by atoms with van der Waals surface area (Å²) in [6.45, 7) is 4.21. The predicted octanol–water partition coefficient (Wildman–Crippen LogP) is 0.0814. The summed E-state index contributed by atoms with van der Waals surface area (Å²) in [6, 6.07) is 0. The van der Waals surface area contributed by atoms with Crippen LogP contribution in [-0.2, 0) is 9.47 Å². The average Bonchev–Trinajstić information content (AvgIpc) is 2.02. The highest BCUT2D eigenvalue weighted by molar-refractivity contribution is 5.04. The van der Waals surface area contributed by atoms with Gasteiger partial charge in [-0.1, -0.05) is 0 Å². The van der Waals surface area contributed by atoms with Crippen molar-refractivity contribution in [2.75, 3.05) is 19.8 Å². The summed E-state index contributed by atoms with van der Waals surface area (Å²) in [5, 5.41) is 17.7. The van der Waals surface area contributed by atoms with Crippen LogP contribution in [0.5, 0.6) is 0 Å². The summed E-state index contributed by atoms with van der Waals surface area (Å²) in [7, 11) is 0. The zero-order chi connectivity index (χ0) is 9.45. The molecule has 0 aromatic carbocycles. The largest absolute Gasteiger partial charge is 0.462 e. The highest BCUT2D eigenvalue weighted by atomic mass is 16.6. The van der Waals surface area contributed by atoms with Crippen molar-refractivity contribution in [1.82, 2.24) is 0 Å². The third-order valence-electron chi connectivity index (χ3n) is 1.14. The van der Waals surface area contributed by atoms with Gasteiger partial charge in [0.1, 0.15) is 12.7 Å². The maximum absolute atomic E-state index is 9.46. The maximum Gasteiger partial charge on any atom is 0.258 e. The fourth-order valence-corrected chi connectivity index (χ4v) is 0.680. The van der Waals surface area contributed by atoms with Crippen LogP contribution in [-0.4, -0.2) is 35.8 Å². The van der Waals surface area contributed by atoms with E-state index in [1.54, 1.807) is 20.0 Å². The molecule has 0 fully saturated rings. The lowest BCUT2D eigenvalue weighted by Crippen LogP contribution is -2.36. The van der Waals surface area contributed by atoms with Crippen molar-refractivity contribution in [3.63, 3.8) is 0 Å². The van der Waals surface area contributed by atoms with E-state index in [0.717, 1.165) is 0 Å². The van der Waals surface area contributed by atoms with Gasteiger partial charge in [-0.25, -0.2) is 0 Å². The molecule has 0 aromatic heterocycles. The maximum atomic E-state index is 9.46. The molecule has 0 heterocycles. The van der Waals surface area contributed by atoms with Gasteiger partial charge in [-0.3, -0.25) is 0 Å². The lowest BCUT2D eigenvalue weighted by atomic mass is 10.3. The molecule has 4 heteroatoms. The van der Waals surface area contributed by atoms with E-state index in [4.69, 9.17) is 14.6 Å². The van der Waals surface area contributed by atoms with E-state index >= 15 is 0 Å². The van der Waals surface area contributed by atoms with E-state index in [1.807, 2.05) is 0 Å². The molecule has 0 saturated heterocycles. The molecule has 0 saturated carbocycles. The molecule has 70 valence electrons. The van der Waals surface area contributed by atoms with Crippen LogP contribution < -0.4 is 0 Å². The molecule has 0 aliphatic heterocycles. The van der Waals surface area contributed by atoms with Crippen molar-refractivity contribution in [3.05, 3.63) is 0 Å². The highest BCUT2D eigenvalue weighted by Crippen LogP contribution is 2.05. The van der Waals surface area contributed by atoms with Crippen LogP contribution in [0.15, 0.2) is 0 Å². The summed E-state index contributed by atoms with van der Waals surface area (Å²) in [4.78, 5) is 0. The monoisotopic (exact) mass is 174 g/mol. The fraction of sp³-hybridized carbons (Fsp3) is 0.750. The Bertz CT molecular complexity index is 170. The van der Waals surface area contributed by atoms with E-state index in [9.17, 15) is 5.11 Å². The molecule has 2 N–H and O–H groups in total. The Balaban J connectivity index is 4.05. The van der Waals surface area contributed by atoms with Gasteiger partial charge >= 0.3 is 0 Å². The average molecular weight is 174 g/mol. The Morgan fingerprint density at radius 3 is 2.42 bits per heavy atom. The summed E-state index contributed by atoms with van der Waals surface area (Å²) in [5.41, 5.74) is 0. The summed E-state index contributed by atoms with van der Waals surface area (Å²) < 4.78 is 9.78. The Labute approximate surface area is 72.1 Å². The molecule has 4 nitrogen and oxygen atoms in total. The molecular formula is C8H14O4. The Morgan fingerprint density at radius 2 is 2.00 bits per heavy atom. The van der Waals surface area contributed by atoms with Crippen LogP contribution in [0, 0.1) is 12.0 Å². The van der Waals surface area contributed by atoms with Crippen molar-refractivity contribution in [1.29, 1.82) is 0 Å². The van der Waals surface area contributed by atoms with Gasteiger partial charge in [-0.2, -0.15) is 0 Å². The number of aliphatic hydroxyl groups excluding tert-OH is 1. The Hall–Kier alpha value is -0.760. The second-order valence-electron chi connectivity index (χ2n) is 2.09. The van der Waals surface area contributed by atoms with E-state index in [1.165, 1.54) is 0 Å². The lowest BCUT2D eigenvalue weighted by molar-refractivity contribution is -0.188. The summed E-state index contributed by atoms with van der Waals surface area (Å²) >= 11 is 0. The molecule has 0 rings (SSSR count). The summed E-state index contributed by atoms with van der Waals surface area (Å²) in [6.07, 6.45) is 1.60. The van der Waals surface area contributed by atoms with Crippen LogP contribution in [0.25, 0.3) is 0 Å². The van der Waals surface area contributed by atoms with Gasteiger partial charge in [0.25, 0.3) is 5.79 Å². The van der Waals surface area contributed by atoms with Crippen LogP contribution in [0.2, 0.25) is 0 Å². The molecule has 0 aliphatic rings. The Morgan fingerprint density at radius 1 is 1.33 bits per heavy atom. The third-order valence-corrected chi connectivity index (χ3v) is 1.14. The molecule has 1 unspecified atom stereocenters. The molecule has 0 amide bonds. The van der Waals surface area contributed by atoms with Crippen molar-refractivity contribution in [2.45, 2.75) is 19.6 Å². The molecular weight excluding hydrogens is 160 g/mol. The van der Waals surface area contributed by atoms with Crippen molar-refractivity contribution < 1.29 is 19.7 Å². The second kappa shape index (κ2) is 5.84. The van der Waals surface area contributed by atoms with Gasteiger partial charge in [-0.05, 0) is 13.8 Å². The van der Waals surface area contributed by atoms with Crippen LogP contribution in [0.4, 0.5) is 0 Å². The lowest BCUT2D eigenvalue weighted by Gasteiger charge is -2.20. The normalized spacial score (nSPS) is 14.6. The number of ether oxygens (including phenoxy) is 2. The minimum absolute atomic E-state index is 0.0646. The van der Waals surface area contributed by atoms with Gasteiger partial charge in [0, 0.05) is 19.1 Å². The number of hydrogen-bond acceptors (Lipinski definition) is 4. The molecule has 0 bridgehead atoms. The van der Waals surface area contributed by atoms with Gasteiger partial charge in [0.15, 0.2) is 0 Å². The van der Waals surface area contributed by atoms with E-state index in [-0.39, 0.29) is 6.61 Å². The third kappa shape index (κ3) is 4.19. The zero-order valence-corrected chi connectivity index (χ0v) is 7.33. The number of rotatable bonds is 5. The molecule has 0 aliphatic carbocycles. The van der Waals surface area contributed by atoms with Crippen LogP contribution in [0.3, 0.4) is 0 Å². The first kappa shape index (κ1) is 11.2.